The Kier molecular flexibility index (Phi) is 4.59. The smallest absolute Gasteiger partial charge is 0.323 e. The molecular formula is C14H12FN5O4S. The van der Waals surface area contributed by atoms with Gasteiger partial charge in [-0.05, 0) is 12.1 Å². The Morgan fingerprint density at radius 2 is 2.00 bits per heavy atom. The number of aromatic hydroxyl groups is 1. The van der Waals surface area contributed by atoms with E-state index >= 15 is 0 Å². The first-order valence-corrected chi connectivity index (χ1v) is 8.04. The van der Waals surface area contributed by atoms with Crippen molar-refractivity contribution in [3.05, 3.63) is 42.5 Å². The van der Waals surface area contributed by atoms with Crippen LogP contribution in [0.1, 0.15) is 0 Å². The number of hydrogen-bond donors (Lipinski definition) is 4. The highest BCUT2D eigenvalue weighted by molar-refractivity contribution is 7.92. The quantitative estimate of drug-likeness (QED) is 0.603. The third-order valence-corrected chi connectivity index (χ3v) is 4.29. The van der Waals surface area contributed by atoms with Gasteiger partial charge in [-0.3, -0.25) is 9.78 Å². The number of urea groups is 1. The number of phenols is 1. The van der Waals surface area contributed by atoms with E-state index in [1.165, 1.54) is 12.4 Å². The molecule has 0 bridgehead atoms. The Hall–Kier alpha value is -3.05. The molecule has 25 heavy (non-hydrogen) atoms. The molecule has 1 aromatic carbocycles. The van der Waals surface area contributed by atoms with E-state index in [4.69, 9.17) is 0 Å². The zero-order valence-electron chi connectivity index (χ0n) is 12.5. The van der Waals surface area contributed by atoms with Crippen molar-refractivity contribution in [3.63, 3.8) is 0 Å². The number of phenolic OH excluding ortho intramolecular Hbond substituents is 1. The highest BCUT2D eigenvalue weighted by Crippen LogP contribution is 2.36. The first-order valence-electron chi connectivity index (χ1n) is 6.93. The lowest BCUT2D eigenvalue weighted by Crippen LogP contribution is -2.30. The van der Waals surface area contributed by atoms with Gasteiger partial charge in [0.2, 0.25) is 0 Å². The number of amides is 3. The monoisotopic (exact) mass is 365 g/mol. The summed E-state index contributed by atoms with van der Waals surface area (Å²) in [4.78, 5) is 26.9. The lowest BCUT2D eigenvalue weighted by molar-refractivity contribution is -0.117. The molecule has 1 aliphatic heterocycles. The van der Waals surface area contributed by atoms with Gasteiger partial charge < -0.3 is 20.3 Å². The molecule has 3 rings (SSSR count). The Labute approximate surface area is 144 Å². The number of benzene rings is 1. The minimum atomic E-state index is -1.98. The number of carbonyl (C=O) groups excluding carboxylic acids is 2. The van der Waals surface area contributed by atoms with Crippen molar-refractivity contribution in [3.8, 4) is 5.75 Å². The molecule has 9 nitrogen and oxygen atoms in total. The van der Waals surface area contributed by atoms with Crippen LogP contribution >= 0.6 is 0 Å². The van der Waals surface area contributed by atoms with E-state index in [0.717, 1.165) is 16.4 Å². The van der Waals surface area contributed by atoms with Crippen molar-refractivity contribution in [2.75, 3.05) is 21.5 Å². The molecule has 0 spiro atoms. The van der Waals surface area contributed by atoms with E-state index in [-0.39, 0.29) is 12.2 Å². The Morgan fingerprint density at radius 1 is 1.32 bits per heavy atom. The van der Waals surface area contributed by atoms with E-state index in [9.17, 15) is 23.6 Å². The molecule has 1 unspecified atom stereocenters. The third-order valence-electron chi connectivity index (χ3n) is 3.18. The molecule has 0 aliphatic carbocycles. The average molecular weight is 365 g/mol. The number of nitrogens with zero attached hydrogens (tertiary/aromatic N) is 2. The van der Waals surface area contributed by atoms with Crippen molar-refractivity contribution in [1.82, 2.24) is 9.71 Å². The predicted molar refractivity (Wildman–Crippen MR) is 88.6 cm³/mol. The van der Waals surface area contributed by atoms with Crippen LogP contribution in [0.2, 0.25) is 0 Å². The molecule has 4 N–H and O–H groups in total. The van der Waals surface area contributed by atoms with Gasteiger partial charge >= 0.3 is 6.03 Å². The van der Waals surface area contributed by atoms with Crippen LogP contribution in [0.4, 0.5) is 26.2 Å². The van der Waals surface area contributed by atoms with Crippen LogP contribution < -0.4 is 19.7 Å². The first-order chi connectivity index (χ1) is 11.9. The molecule has 2 heterocycles. The summed E-state index contributed by atoms with van der Waals surface area (Å²) in [6.07, 6.45) is 2.98. The summed E-state index contributed by atoms with van der Waals surface area (Å²) in [5.41, 5.74) is 0.0669. The lowest BCUT2D eigenvalue weighted by atomic mass is 10.2. The molecule has 130 valence electrons. The summed E-state index contributed by atoms with van der Waals surface area (Å²) in [5.74, 6) is -2.07. The van der Waals surface area contributed by atoms with Gasteiger partial charge in [-0.2, -0.15) is 4.31 Å². The number of hydrogen-bond acceptors (Lipinski definition) is 6. The van der Waals surface area contributed by atoms with Crippen molar-refractivity contribution >= 4 is 40.5 Å². The fraction of sp³-hybridized carbons (Fsp3) is 0.0714. The number of halogens is 1. The maximum atomic E-state index is 14.3. The van der Waals surface area contributed by atoms with Gasteiger partial charge in [0.05, 0.1) is 0 Å². The minimum Gasteiger partial charge on any atom is -0.568 e. The second kappa shape index (κ2) is 6.83. The van der Waals surface area contributed by atoms with Gasteiger partial charge in [0, 0.05) is 35.9 Å². The standard InChI is InChI=1S/C14H12FN5O4S/c15-10-5-9(18-14(23)17-8-1-3-16-4-2-8)6-11(21)13(10)20-7-12(22)19-25(20)24/h1-6,21H,7H2,(H,19,22)(H2,16,17,18,23). The number of aromatic nitrogens is 1. The van der Waals surface area contributed by atoms with E-state index in [2.05, 4.69) is 20.3 Å². The molecule has 0 radical (unpaired) electrons. The largest absolute Gasteiger partial charge is 0.568 e. The van der Waals surface area contributed by atoms with Gasteiger partial charge in [0.25, 0.3) is 5.91 Å². The Balaban J connectivity index is 1.76. The SMILES string of the molecule is O=C1CN(c2c(O)cc(NC(=O)Nc3ccncc3)cc2F)[S+]([O-])N1. The molecule has 2 aromatic rings. The first kappa shape index (κ1) is 16.8. The molecule has 1 saturated heterocycles. The maximum absolute atomic E-state index is 14.3. The second-order valence-electron chi connectivity index (χ2n) is 4.95. The Morgan fingerprint density at radius 3 is 2.60 bits per heavy atom. The summed E-state index contributed by atoms with van der Waals surface area (Å²) < 4.78 is 29.0. The van der Waals surface area contributed by atoms with E-state index in [1.54, 1.807) is 12.1 Å². The lowest BCUT2D eigenvalue weighted by Gasteiger charge is -2.18. The van der Waals surface area contributed by atoms with Crippen LogP contribution in [-0.4, -0.2) is 33.1 Å². The topological polar surface area (TPSA) is 130 Å². The van der Waals surface area contributed by atoms with Gasteiger partial charge in [0.15, 0.2) is 29.6 Å². The van der Waals surface area contributed by atoms with Crippen LogP contribution in [-0.2, 0) is 16.3 Å². The highest BCUT2D eigenvalue weighted by Gasteiger charge is 2.37. The van der Waals surface area contributed by atoms with Gasteiger partial charge in [-0.15, -0.1) is 4.72 Å². The number of rotatable bonds is 3. The summed E-state index contributed by atoms with van der Waals surface area (Å²) >= 11 is -1.98. The molecule has 11 heteroatoms. The summed E-state index contributed by atoms with van der Waals surface area (Å²) in [6.45, 7) is -0.355. The average Bonchev–Trinajstić information content (AvgIpc) is 2.86. The summed E-state index contributed by atoms with van der Waals surface area (Å²) in [6, 6.07) is 4.51. The van der Waals surface area contributed by atoms with E-state index in [1.807, 2.05) is 0 Å². The summed E-state index contributed by atoms with van der Waals surface area (Å²) in [5, 5.41) is 14.9. The van der Waals surface area contributed by atoms with Crippen LogP contribution in [0.15, 0.2) is 36.7 Å². The zero-order valence-corrected chi connectivity index (χ0v) is 13.3. The fourth-order valence-corrected chi connectivity index (χ4v) is 3.12. The number of anilines is 3. The molecule has 0 saturated carbocycles. The van der Waals surface area contributed by atoms with Crippen LogP contribution in [0.5, 0.6) is 5.75 Å². The highest BCUT2D eigenvalue weighted by atomic mass is 32.2. The van der Waals surface area contributed by atoms with Crippen molar-refractivity contribution in [2.24, 2.45) is 0 Å². The number of carbonyl (C=O) groups is 2. The molecule has 1 aromatic heterocycles. The Bertz CT molecular complexity index is 799. The normalized spacial score (nSPS) is 16.5. The zero-order chi connectivity index (χ0) is 18.0. The number of pyridine rings is 1. The molecule has 1 fully saturated rings. The maximum Gasteiger partial charge on any atom is 0.323 e. The second-order valence-corrected chi connectivity index (χ2v) is 6.10. The van der Waals surface area contributed by atoms with Crippen LogP contribution in [0.25, 0.3) is 0 Å². The van der Waals surface area contributed by atoms with Crippen LogP contribution in [0, 0.1) is 5.82 Å². The van der Waals surface area contributed by atoms with Crippen molar-refractivity contribution in [2.45, 2.75) is 0 Å². The van der Waals surface area contributed by atoms with Crippen LogP contribution in [0.3, 0.4) is 0 Å². The number of nitrogens with one attached hydrogen (secondary N) is 3. The van der Waals surface area contributed by atoms with E-state index in [0.29, 0.717) is 5.69 Å². The van der Waals surface area contributed by atoms with Gasteiger partial charge in [-0.25, -0.2) is 9.18 Å². The molecular weight excluding hydrogens is 353 g/mol. The predicted octanol–water partition coefficient (Wildman–Crippen LogP) is 1.09. The van der Waals surface area contributed by atoms with Crippen molar-refractivity contribution in [1.29, 1.82) is 0 Å². The van der Waals surface area contributed by atoms with Gasteiger partial charge in [-0.1, -0.05) is 0 Å². The van der Waals surface area contributed by atoms with E-state index < -0.39 is 40.7 Å². The fourth-order valence-electron chi connectivity index (χ4n) is 2.17. The molecule has 3 amide bonds. The molecule has 1 atom stereocenters. The molecule has 1 aliphatic rings. The van der Waals surface area contributed by atoms with Gasteiger partial charge in [0.1, 0.15) is 5.75 Å². The minimum absolute atomic E-state index is 0.0189. The van der Waals surface area contributed by atoms with Crippen molar-refractivity contribution < 1.29 is 23.6 Å². The third kappa shape index (κ3) is 3.72. The summed E-state index contributed by atoms with van der Waals surface area (Å²) in [7, 11) is 0.